The maximum absolute atomic E-state index is 12.0. The van der Waals surface area contributed by atoms with E-state index in [1.807, 2.05) is 13.1 Å². The third-order valence-electron chi connectivity index (χ3n) is 4.06. The number of hydrogen-bond acceptors (Lipinski definition) is 3. The predicted molar refractivity (Wildman–Crippen MR) is 80.0 cm³/mol. The monoisotopic (exact) mass is 299 g/mol. The zero-order chi connectivity index (χ0) is 14.4. The van der Waals surface area contributed by atoms with Crippen molar-refractivity contribution >= 4 is 10.0 Å². The first-order valence-electron chi connectivity index (χ1n) is 7.53. The molecular formula is C14H25N3O2S. The summed E-state index contributed by atoms with van der Waals surface area (Å²) in [5, 5.41) is 6.85. The van der Waals surface area contributed by atoms with Crippen molar-refractivity contribution in [3.8, 4) is 0 Å². The maximum Gasteiger partial charge on any atom is 0.211 e. The van der Waals surface area contributed by atoms with Crippen molar-refractivity contribution in [3.63, 3.8) is 0 Å². The molecule has 0 bridgehead atoms. The van der Waals surface area contributed by atoms with Gasteiger partial charge in [-0.15, -0.1) is 0 Å². The highest BCUT2D eigenvalue weighted by Gasteiger charge is 2.20. The van der Waals surface area contributed by atoms with Crippen LogP contribution in [0.25, 0.3) is 0 Å². The van der Waals surface area contributed by atoms with Crippen molar-refractivity contribution in [1.29, 1.82) is 0 Å². The number of aromatic amines is 1. The molecule has 2 N–H and O–H groups in total. The second-order valence-corrected chi connectivity index (χ2v) is 7.66. The van der Waals surface area contributed by atoms with Crippen molar-refractivity contribution in [2.45, 2.75) is 51.9 Å². The van der Waals surface area contributed by atoms with E-state index in [1.54, 1.807) is 0 Å². The van der Waals surface area contributed by atoms with Gasteiger partial charge in [0, 0.05) is 12.2 Å². The molecule has 1 aliphatic rings. The van der Waals surface area contributed by atoms with Crippen molar-refractivity contribution in [1.82, 2.24) is 14.9 Å². The summed E-state index contributed by atoms with van der Waals surface area (Å²) in [7, 11) is -3.11. The van der Waals surface area contributed by atoms with E-state index in [-0.39, 0.29) is 0 Å². The molecule has 2 rings (SSSR count). The van der Waals surface area contributed by atoms with Crippen LogP contribution in [0.5, 0.6) is 0 Å². The second-order valence-electron chi connectivity index (χ2n) is 5.80. The van der Waals surface area contributed by atoms with E-state index in [9.17, 15) is 8.42 Å². The fraction of sp³-hybridized carbons (Fsp3) is 0.786. The lowest BCUT2D eigenvalue weighted by Crippen LogP contribution is -2.31. The fourth-order valence-corrected chi connectivity index (χ4v) is 4.38. The normalized spacial score (nSPS) is 17.4. The molecule has 20 heavy (non-hydrogen) atoms. The molecule has 1 aromatic heterocycles. The van der Waals surface area contributed by atoms with Gasteiger partial charge in [0.25, 0.3) is 0 Å². The van der Waals surface area contributed by atoms with Crippen LogP contribution >= 0.6 is 0 Å². The minimum atomic E-state index is -3.11. The van der Waals surface area contributed by atoms with Gasteiger partial charge in [-0.05, 0) is 44.1 Å². The molecule has 0 aromatic carbocycles. The highest BCUT2D eigenvalue weighted by Crippen LogP contribution is 2.24. The summed E-state index contributed by atoms with van der Waals surface area (Å²) in [6.45, 7) is 2.50. The molecular weight excluding hydrogens is 274 g/mol. The Morgan fingerprint density at radius 3 is 2.75 bits per heavy atom. The summed E-state index contributed by atoms with van der Waals surface area (Å²) in [6, 6.07) is 0. The molecule has 1 saturated carbocycles. The van der Waals surface area contributed by atoms with Crippen molar-refractivity contribution in [3.05, 3.63) is 17.5 Å². The topological polar surface area (TPSA) is 74.8 Å². The number of aromatic nitrogens is 2. The summed E-state index contributed by atoms with van der Waals surface area (Å²) in [5.41, 5.74) is 2.23. The summed E-state index contributed by atoms with van der Waals surface area (Å²) in [5.74, 6) is 0.662. The largest absolute Gasteiger partial charge is 0.283 e. The third kappa shape index (κ3) is 4.90. The van der Waals surface area contributed by atoms with Gasteiger partial charge in [-0.2, -0.15) is 5.10 Å². The number of H-pyrrole nitrogens is 1. The first-order valence-corrected chi connectivity index (χ1v) is 9.18. The van der Waals surface area contributed by atoms with Gasteiger partial charge in [-0.1, -0.05) is 19.3 Å². The number of aryl methyl sites for hydroxylation is 2. The van der Waals surface area contributed by atoms with E-state index in [0.717, 1.165) is 36.9 Å². The Bertz CT molecular complexity index is 504. The Morgan fingerprint density at radius 1 is 1.35 bits per heavy atom. The van der Waals surface area contributed by atoms with Crippen LogP contribution in [0.2, 0.25) is 0 Å². The van der Waals surface area contributed by atoms with Crippen LogP contribution < -0.4 is 4.72 Å². The lowest BCUT2D eigenvalue weighted by molar-refractivity contribution is 0.384. The van der Waals surface area contributed by atoms with Crippen LogP contribution in [-0.2, 0) is 16.4 Å². The molecule has 0 aliphatic heterocycles. The SMILES string of the molecule is Cc1[nH]ncc1CCCNS(=O)(=O)CC1CCCCC1. The first-order chi connectivity index (χ1) is 9.57. The zero-order valence-corrected chi connectivity index (χ0v) is 13.0. The van der Waals surface area contributed by atoms with Crippen LogP contribution in [0.4, 0.5) is 0 Å². The standard InChI is InChI=1S/C14H25N3O2S/c1-12-14(10-15-17-12)8-5-9-16-20(18,19)11-13-6-3-2-4-7-13/h10,13,16H,2-9,11H2,1H3,(H,15,17). The van der Waals surface area contributed by atoms with Crippen molar-refractivity contribution < 1.29 is 8.42 Å². The van der Waals surface area contributed by atoms with E-state index in [1.165, 1.54) is 19.3 Å². The Kier molecular flexibility index (Phi) is 5.60. The lowest BCUT2D eigenvalue weighted by Gasteiger charge is -2.21. The third-order valence-corrected chi connectivity index (χ3v) is 5.61. The molecule has 0 unspecified atom stereocenters. The number of rotatable bonds is 7. The van der Waals surface area contributed by atoms with Gasteiger partial charge >= 0.3 is 0 Å². The maximum atomic E-state index is 12.0. The van der Waals surface area contributed by atoms with E-state index >= 15 is 0 Å². The Labute approximate surface area is 121 Å². The van der Waals surface area contributed by atoms with Crippen LogP contribution in [0.3, 0.4) is 0 Å². The summed E-state index contributed by atoms with van der Waals surface area (Å²) >= 11 is 0. The van der Waals surface area contributed by atoms with E-state index in [2.05, 4.69) is 14.9 Å². The highest BCUT2D eigenvalue weighted by atomic mass is 32.2. The van der Waals surface area contributed by atoms with Gasteiger partial charge < -0.3 is 0 Å². The molecule has 1 aliphatic carbocycles. The van der Waals surface area contributed by atoms with Gasteiger partial charge in [0.05, 0.1) is 11.9 Å². The number of hydrogen-bond donors (Lipinski definition) is 2. The van der Waals surface area contributed by atoms with Crippen LogP contribution in [0.15, 0.2) is 6.20 Å². The van der Waals surface area contributed by atoms with E-state index in [0.29, 0.717) is 18.2 Å². The van der Waals surface area contributed by atoms with Gasteiger partial charge in [0.2, 0.25) is 10.0 Å². The molecule has 1 fully saturated rings. The molecule has 0 saturated heterocycles. The number of nitrogens with zero attached hydrogens (tertiary/aromatic N) is 1. The molecule has 1 heterocycles. The Morgan fingerprint density at radius 2 is 2.10 bits per heavy atom. The van der Waals surface area contributed by atoms with Gasteiger partial charge in [0.15, 0.2) is 0 Å². The quantitative estimate of drug-likeness (QED) is 0.758. The van der Waals surface area contributed by atoms with Gasteiger partial charge in [0.1, 0.15) is 0 Å². The smallest absolute Gasteiger partial charge is 0.211 e. The average molecular weight is 299 g/mol. The zero-order valence-electron chi connectivity index (χ0n) is 12.2. The van der Waals surface area contributed by atoms with Crippen molar-refractivity contribution in [2.75, 3.05) is 12.3 Å². The van der Waals surface area contributed by atoms with E-state index < -0.39 is 10.0 Å². The van der Waals surface area contributed by atoms with Gasteiger partial charge in [-0.3, -0.25) is 5.10 Å². The predicted octanol–water partition coefficient (Wildman–Crippen LogP) is 2.15. The molecule has 114 valence electrons. The minimum absolute atomic E-state index is 0.303. The Balaban J connectivity index is 1.68. The molecule has 1 aromatic rings. The van der Waals surface area contributed by atoms with Crippen LogP contribution in [0.1, 0.15) is 49.8 Å². The van der Waals surface area contributed by atoms with Gasteiger partial charge in [-0.25, -0.2) is 13.1 Å². The minimum Gasteiger partial charge on any atom is -0.283 e. The number of sulfonamides is 1. The molecule has 0 atom stereocenters. The van der Waals surface area contributed by atoms with Crippen LogP contribution in [0, 0.1) is 12.8 Å². The molecule has 0 radical (unpaired) electrons. The second kappa shape index (κ2) is 7.22. The molecule has 0 amide bonds. The molecule has 6 heteroatoms. The van der Waals surface area contributed by atoms with E-state index in [4.69, 9.17) is 0 Å². The first kappa shape index (κ1) is 15.5. The summed E-state index contributed by atoms with van der Waals surface area (Å²) in [4.78, 5) is 0. The average Bonchev–Trinajstić information content (AvgIpc) is 2.81. The molecule has 0 spiro atoms. The lowest BCUT2D eigenvalue weighted by atomic mass is 9.91. The fourth-order valence-electron chi connectivity index (χ4n) is 2.86. The van der Waals surface area contributed by atoms with Crippen molar-refractivity contribution in [2.24, 2.45) is 5.92 Å². The number of nitrogens with one attached hydrogen (secondary N) is 2. The summed E-state index contributed by atoms with van der Waals surface area (Å²) in [6.07, 6.45) is 9.22. The Hall–Kier alpha value is -0.880. The molecule has 5 nitrogen and oxygen atoms in total. The van der Waals surface area contributed by atoms with Crippen LogP contribution in [-0.4, -0.2) is 30.9 Å². The summed E-state index contributed by atoms with van der Waals surface area (Å²) < 4.78 is 26.7. The highest BCUT2D eigenvalue weighted by molar-refractivity contribution is 7.89.